The topological polar surface area (TPSA) is 66.6 Å². The third-order valence-electron chi connectivity index (χ3n) is 7.27. The number of amides is 1. The number of benzene rings is 1. The van der Waals surface area contributed by atoms with E-state index in [-0.39, 0.29) is 11.3 Å². The van der Waals surface area contributed by atoms with Crippen molar-refractivity contribution in [3.8, 4) is 0 Å². The maximum absolute atomic E-state index is 11.5. The Morgan fingerprint density at radius 3 is 2.67 bits per heavy atom. The Labute approximate surface area is 164 Å². The summed E-state index contributed by atoms with van der Waals surface area (Å²) in [5.74, 6) is 0.151. The maximum Gasteiger partial charge on any atom is 0.248 e. The van der Waals surface area contributed by atoms with Crippen LogP contribution in [0.15, 0.2) is 24.3 Å². The fourth-order valence-corrected chi connectivity index (χ4v) is 5.07. The third kappa shape index (κ3) is 4.72. The molecule has 1 heterocycles. The molecular weight excluding hydrogens is 336 g/mol. The first-order valence-corrected chi connectivity index (χ1v) is 10.7. The standard InChI is InChI=1S/C23H36N2O2/c1-18-17-25(14-7-12-23(27)10-4-3-5-11-23)15-13-22(18,2)20-9-6-8-19(16-20)21(24)26/h6,8-9,16,18,27H,3-5,7,10-15,17H2,1-2H3,(H2,24,26)/t18-,22+/m1/s1. The molecule has 1 saturated heterocycles. The smallest absolute Gasteiger partial charge is 0.248 e. The van der Waals surface area contributed by atoms with E-state index < -0.39 is 5.60 Å². The summed E-state index contributed by atoms with van der Waals surface area (Å²) in [5, 5.41) is 10.7. The molecular formula is C23H36N2O2. The number of carbonyl (C=O) groups is 1. The van der Waals surface area contributed by atoms with Gasteiger partial charge in [0.25, 0.3) is 0 Å². The van der Waals surface area contributed by atoms with Crippen molar-refractivity contribution in [2.75, 3.05) is 19.6 Å². The van der Waals surface area contributed by atoms with Crippen molar-refractivity contribution in [3.05, 3.63) is 35.4 Å². The van der Waals surface area contributed by atoms with Gasteiger partial charge in [-0.25, -0.2) is 0 Å². The van der Waals surface area contributed by atoms with E-state index in [1.165, 1.54) is 24.8 Å². The minimum absolute atomic E-state index is 0.0729. The second kappa shape index (κ2) is 8.32. The molecule has 0 unspecified atom stereocenters. The lowest BCUT2D eigenvalue weighted by Crippen LogP contribution is -2.47. The molecule has 1 aromatic rings. The van der Waals surface area contributed by atoms with E-state index in [0.717, 1.165) is 51.7 Å². The maximum atomic E-state index is 11.5. The van der Waals surface area contributed by atoms with Crippen molar-refractivity contribution in [2.45, 2.75) is 76.2 Å². The monoisotopic (exact) mass is 372 g/mol. The van der Waals surface area contributed by atoms with Crippen LogP contribution in [0.2, 0.25) is 0 Å². The Morgan fingerprint density at radius 2 is 2.00 bits per heavy atom. The first-order chi connectivity index (χ1) is 12.8. The van der Waals surface area contributed by atoms with Gasteiger partial charge in [-0.05, 0) is 74.2 Å². The van der Waals surface area contributed by atoms with Gasteiger partial charge in [0.05, 0.1) is 5.60 Å². The van der Waals surface area contributed by atoms with Crippen LogP contribution < -0.4 is 5.73 Å². The highest BCUT2D eigenvalue weighted by Gasteiger charge is 2.38. The summed E-state index contributed by atoms with van der Waals surface area (Å²) in [5.41, 5.74) is 6.97. The molecule has 0 aromatic heterocycles. The van der Waals surface area contributed by atoms with Crippen molar-refractivity contribution in [1.29, 1.82) is 0 Å². The van der Waals surface area contributed by atoms with Gasteiger partial charge >= 0.3 is 0 Å². The van der Waals surface area contributed by atoms with E-state index in [2.05, 4.69) is 24.8 Å². The van der Waals surface area contributed by atoms with E-state index in [0.29, 0.717) is 11.5 Å². The predicted molar refractivity (Wildman–Crippen MR) is 110 cm³/mol. The normalized spacial score (nSPS) is 28.8. The van der Waals surface area contributed by atoms with Gasteiger partial charge in [-0.2, -0.15) is 0 Å². The number of primary amides is 1. The van der Waals surface area contributed by atoms with E-state index in [9.17, 15) is 9.90 Å². The quantitative estimate of drug-likeness (QED) is 0.797. The van der Waals surface area contributed by atoms with Crippen molar-refractivity contribution >= 4 is 5.91 Å². The van der Waals surface area contributed by atoms with E-state index >= 15 is 0 Å². The molecule has 4 heteroatoms. The Kier molecular flexibility index (Phi) is 6.27. The van der Waals surface area contributed by atoms with Gasteiger partial charge in [0, 0.05) is 12.1 Å². The number of likely N-dealkylation sites (tertiary alicyclic amines) is 1. The molecule has 1 saturated carbocycles. The van der Waals surface area contributed by atoms with Crippen molar-refractivity contribution in [2.24, 2.45) is 11.7 Å². The van der Waals surface area contributed by atoms with Crippen LogP contribution in [0.4, 0.5) is 0 Å². The van der Waals surface area contributed by atoms with Crippen LogP contribution in [-0.4, -0.2) is 41.1 Å². The Bertz CT molecular complexity index is 654. The molecule has 0 bridgehead atoms. The van der Waals surface area contributed by atoms with Gasteiger partial charge in [-0.15, -0.1) is 0 Å². The average molecular weight is 373 g/mol. The highest BCUT2D eigenvalue weighted by Crippen LogP contribution is 2.40. The summed E-state index contributed by atoms with van der Waals surface area (Å²) in [4.78, 5) is 14.1. The number of aliphatic hydroxyl groups is 1. The van der Waals surface area contributed by atoms with E-state index in [4.69, 9.17) is 5.73 Å². The van der Waals surface area contributed by atoms with E-state index in [1.807, 2.05) is 12.1 Å². The van der Waals surface area contributed by atoms with Gasteiger partial charge in [0.2, 0.25) is 5.91 Å². The number of hydrogen-bond donors (Lipinski definition) is 2. The molecule has 1 aromatic carbocycles. The molecule has 1 amide bonds. The molecule has 150 valence electrons. The summed E-state index contributed by atoms with van der Waals surface area (Å²) >= 11 is 0. The molecule has 3 rings (SSSR count). The van der Waals surface area contributed by atoms with Crippen molar-refractivity contribution < 1.29 is 9.90 Å². The van der Waals surface area contributed by atoms with Crippen LogP contribution in [0.25, 0.3) is 0 Å². The van der Waals surface area contributed by atoms with Crippen molar-refractivity contribution in [3.63, 3.8) is 0 Å². The number of nitrogens with zero attached hydrogens (tertiary/aromatic N) is 1. The molecule has 3 N–H and O–H groups in total. The number of piperidine rings is 1. The van der Waals surface area contributed by atoms with Gasteiger partial charge in [-0.1, -0.05) is 45.2 Å². The minimum Gasteiger partial charge on any atom is -0.390 e. The second-order valence-corrected chi connectivity index (χ2v) is 9.20. The fourth-order valence-electron chi connectivity index (χ4n) is 5.07. The number of carbonyl (C=O) groups excluding carboxylic acids is 1. The average Bonchev–Trinajstić information content (AvgIpc) is 2.65. The first kappa shape index (κ1) is 20.3. The highest BCUT2D eigenvalue weighted by molar-refractivity contribution is 5.92. The minimum atomic E-state index is -0.399. The molecule has 1 aliphatic carbocycles. The van der Waals surface area contributed by atoms with Crippen LogP contribution in [0.3, 0.4) is 0 Å². The van der Waals surface area contributed by atoms with Gasteiger partial charge in [-0.3, -0.25) is 4.79 Å². The van der Waals surface area contributed by atoms with Crippen LogP contribution in [-0.2, 0) is 5.41 Å². The number of nitrogens with two attached hydrogens (primary N) is 1. The summed E-state index contributed by atoms with van der Waals surface area (Å²) in [6.07, 6.45) is 8.71. The van der Waals surface area contributed by atoms with Gasteiger partial charge in [0.15, 0.2) is 0 Å². The SMILES string of the molecule is C[C@@H]1CN(CCCC2(O)CCCCC2)CC[C@]1(C)c1cccc(C(N)=O)c1. The van der Waals surface area contributed by atoms with Gasteiger partial charge < -0.3 is 15.7 Å². The zero-order valence-corrected chi connectivity index (χ0v) is 17.0. The molecule has 0 radical (unpaired) electrons. The van der Waals surface area contributed by atoms with Crippen LogP contribution >= 0.6 is 0 Å². The summed E-state index contributed by atoms with van der Waals surface area (Å²) in [6, 6.07) is 7.86. The van der Waals surface area contributed by atoms with Crippen LogP contribution in [0.1, 0.15) is 81.1 Å². The second-order valence-electron chi connectivity index (χ2n) is 9.20. The lowest BCUT2D eigenvalue weighted by atomic mass is 9.67. The predicted octanol–water partition coefficient (Wildman–Crippen LogP) is 3.86. The molecule has 27 heavy (non-hydrogen) atoms. The Balaban J connectivity index is 1.55. The zero-order valence-electron chi connectivity index (χ0n) is 17.0. The Morgan fingerprint density at radius 1 is 1.26 bits per heavy atom. The largest absolute Gasteiger partial charge is 0.390 e. The number of rotatable bonds is 6. The van der Waals surface area contributed by atoms with E-state index in [1.54, 1.807) is 6.07 Å². The summed E-state index contributed by atoms with van der Waals surface area (Å²) in [6.45, 7) is 7.84. The number of hydrogen-bond acceptors (Lipinski definition) is 3. The van der Waals surface area contributed by atoms with Gasteiger partial charge in [0.1, 0.15) is 0 Å². The molecule has 4 nitrogen and oxygen atoms in total. The molecule has 2 atom stereocenters. The molecule has 2 fully saturated rings. The molecule has 0 spiro atoms. The molecule has 1 aliphatic heterocycles. The van der Waals surface area contributed by atoms with Crippen LogP contribution in [0.5, 0.6) is 0 Å². The summed E-state index contributed by atoms with van der Waals surface area (Å²) < 4.78 is 0. The summed E-state index contributed by atoms with van der Waals surface area (Å²) in [7, 11) is 0. The third-order valence-corrected chi connectivity index (χ3v) is 7.27. The van der Waals surface area contributed by atoms with Crippen molar-refractivity contribution in [1.82, 2.24) is 4.90 Å². The fraction of sp³-hybridized carbons (Fsp3) is 0.696. The zero-order chi connectivity index (χ0) is 19.5. The van der Waals surface area contributed by atoms with Crippen LogP contribution in [0, 0.1) is 5.92 Å². The highest BCUT2D eigenvalue weighted by atomic mass is 16.3. The lowest BCUT2D eigenvalue weighted by molar-refractivity contribution is -0.00895. The first-order valence-electron chi connectivity index (χ1n) is 10.7. The lowest BCUT2D eigenvalue weighted by Gasteiger charge is -2.45. The Hall–Kier alpha value is -1.39. The molecule has 2 aliphatic rings.